The number of piperidine rings is 1. The molecule has 2 N–H and O–H groups in total. The Morgan fingerprint density at radius 3 is 2.88 bits per heavy atom. The molecule has 1 aliphatic rings. The van der Waals surface area contributed by atoms with Gasteiger partial charge in [-0.15, -0.1) is 0 Å². The summed E-state index contributed by atoms with van der Waals surface area (Å²) in [6, 6.07) is 1.46. The van der Waals surface area contributed by atoms with Crippen molar-refractivity contribution >= 4 is 11.8 Å². The van der Waals surface area contributed by atoms with Crippen molar-refractivity contribution in [1.82, 2.24) is 10.2 Å². The van der Waals surface area contributed by atoms with Crippen molar-refractivity contribution in [3.63, 3.8) is 0 Å². The average Bonchev–Trinajstić information content (AvgIpc) is 2.34. The monoisotopic (exact) mass is 225 g/mol. The summed E-state index contributed by atoms with van der Waals surface area (Å²) in [5.41, 5.74) is 0. The molecule has 1 heterocycles. The number of hydrogen-bond donors (Lipinski definition) is 2. The van der Waals surface area contributed by atoms with Gasteiger partial charge in [0.15, 0.2) is 0 Å². The lowest BCUT2D eigenvalue weighted by Gasteiger charge is -2.33. The van der Waals surface area contributed by atoms with Gasteiger partial charge in [-0.05, 0) is 19.3 Å². The molecule has 1 aliphatic heterocycles. The third-order valence-electron chi connectivity index (χ3n) is 2.62. The molecule has 2 amide bonds. The number of likely N-dealkylation sites (tertiary alicyclic amines) is 1. The van der Waals surface area contributed by atoms with Gasteiger partial charge in [0, 0.05) is 6.54 Å². The Hall–Kier alpha value is -1.61. The van der Waals surface area contributed by atoms with Crippen molar-refractivity contribution < 1.29 is 14.7 Å². The first-order valence-corrected chi connectivity index (χ1v) is 5.27. The van der Waals surface area contributed by atoms with Crippen LogP contribution >= 0.6 is 0 Å². The van der Waals surface area contributed by atoms with Crippen molar-refractivity contribution in [2.45, 2.75) is 25.3 Å². The molecule has 16 heavy (non-hydrogen) atoms. The summed E-state index contributed by atoms with van der Waals surface area (Å²) in [4.78, 5) is 24.4. The zero-order valence-electron chi connectivity index (χ0n) is 8.98. The van der Waals surface area contributed by atoms with Crippen molar-refractivity contribution in [2.75, 3.05) is 19.7 Å². The number of aliphatic hydroxyl groups is 1. The van der Waals surface area contributed by atoms with Gasteiger partial charge in [0.2, 0.25) is 0 Å². The molecule has 1 saturated heterocycles. The summed E-state index contributed by atoms with van der Waals surface area (Å²) in [5, 5.41) is 19.6. The first-order valence-electron chi connectivity index (χ1n) is 5.27. The van der Waals surface area contributed by atoms with Gasteiger partial charge in [0.05, 0.1) is 18.7 Å². The van der Waals surface area contributed by atoms with Crippen LogP contribution < -0.4 is 5.32 Å². The van der Waals surface area contributed by atoms with Crippen LogP contribution in [0.1, 0.15) is 19.3 Å². The van der Waals surface area contributed by atoms with Gasteiger partial charge >= 0.3 is 11.8 Å². The molecule has 0 saturated carbocycles. The summed E-state index contributed by atoms with van der Waals surface area (Å²) in [6.45, 7) is 0.184. The molecule has 1 fully saturated rings. The second-order valence-electron chi connectivity index (χ2n) is 3.67. The van der Waals surface area contributed by atoms with Gasteiger partial charge in [-0.2, -0.15) is 5.26 Å². The second kappa shape index (κ2) is 6.08. The van der Waals surface area contributed by atoms with E-state index in [0.29, 0.717) is 13.0 Å². The number of rotatable bonds is 2. The van der Waals surface area contributed by atoms with Crippen LogP contribution in [-0.4, -0.2) is 47.6 Å². The zero-order valence-corrected chi connectivity index (χ0v) is 8.98. The molecule has 0 aromatic rings. The maximum atomic E-state index is 11.7. The van der Waals surface area contributed by atoms with E-state index >= 15 is 0 Å². The average molecular weight is 225 g/mol. The molecule has 0 radical (unpaired) electrons. The fraction of sp³-hybridized carbons (Fsp3) is 0.700. The van der Waals surface area contributed by atoms with Gasteiger partial charge in [0.1, 0.15) is 6.54 Å². The molecule has 1 unspecified atom stereocenters. The number of carbonyl (C=O) groups is 2. The van der Waals surface area contributed by atoms with Crippen LogP contribution in [0.15, 0.2) is 0 Å². The van der Waals surface area contributed by atoms with Crippen LogP contribution in [0.4, 0.5) is 0 Å². The quantitative estimate of drug-likeness (QED) is 0.465. The maximum absolute atomic E-state index is 11.7. The van der Waals surface area contributed by atoms with E-state index in [2.05, 4.69) is 5.32 Å². The third-order valence-corrected chi connectivity index (χ3v) is 2.62. The number of nitrogens with zero attached hydrogens (tertiary/aromatic N) is 2. The summed E-state index contributed by atoms with van der Waals surface area (Å²) in [7, 11) is 0. The Kier molecular flexibility index (Phi) is 4.73. The molecule has 1 atom stereocenters. The van der Waals surface area contributed by atoms with Crippen molar-refractivity contribution in [2.24, 2.45) is 0 Å². The lowest BCUT2D eigenvalue weighted by Crippen LogP contribution is -2.51. The Balaban J connectivity index is 2.57. The van der Waals surface area contributed by atoms with E-state index in [-0.39, 0.29) is 19.2 Å². The van der Waals surface area contributed by atoms with Gasteiger partial charge in [-0.1, -0.05) is 0 Å². The van der Waals surface area contributed by atoms with E-state index in [4.69, 9.17) is 10.4 Å². The topological polar surface area (TPSA) is 93.4 Å². The van der Waals surface area contributed by atoms with Crippen molar-refractivity contribution in [1.29, 1.82) is 5.26 Å². The van der Waals surface area contributed by atoms with E-state index in [0.717, 1.165) is 12.8 Å². The largest absolute Gasteiger partial charge is 0.394 e. The van der Waals surface area contributed by atoms with E-state index in [1.165, 1.54) is 4.90 Å². The zero-order chi connectivity index (χ0) is 12.0. The fourth-order valence-electron chi connectivity index (χ4n) is 1.78. The standard InChI is InChI=1S/C10H15N3O3/c11-4-5-12-9(15)10(16)13-6-2-1-3-8(13)7-14/h8,14H,1-3,5-7H2,(H,12,15). The molecule has 6 heteroatoms. The van der Waals surface area contributed by atoms with Crippen LogP contribution in [0, 0.1) is 11.3 Å². The minimum atomic E-state index is -0.776. The van der Waals surface area contributed by atoms with E-state index in [1.807, 2.05) is 0 Å². The first kappa shape index (κ1) is 12.5. The summed E-state index contributed by atoms with van der Waals surface area (Å²) >= 11 is 0. The predicted octanol–water partition coefficient (Wildman–Crippen LogP) is -1.00. The molecule has 1 rings (SSSR count). The Labute approximate surface area is 93.8 Å². The van der Waals surface area contributed by atoms with Crippen LogP contribution in [0.2, 0.25) is 0 Å². The maximum Gasteiger partial charge on any atom is 0.312 e. The predicted molar refractivity (Wildman–Crippen MR) is 55.1 cm³/mol. The van der Waals surface area contributed by atoms with Crippen LogP contribution in [-0.2, 0) is 9.59 Å². The number of amides is 2. The fourth-order valence-corrected chi connectivity index (χ4v) is 1.78. The normalized spacial score (nSPS) is 20.0. The van der Waals surface area contributed by atoms with Crippen LogP contribution in [0.25, 0.3) is 0 Å². The lowest BCUT2D eigenvalue weighted by atomic mass is 10.0. The second-order valence-corrected chi connectivity index (χ2v) is 3.67. The first-order chi connectivity index (χ1) is 7.70. The molecular weight excluding hydrogens is 210 g/mol. The smallest absolute Gasteiger partial charge is 0.312 e. The highest BCUT2D eigenvalue weighted by atomic mass is 16.3. The minimum absolute atomic E-state index is 0.128. The number of nitrogens with one attached hydrogen (secondary N) is 1. The van der Waals surface area contributed by atoms with E-state index < -0.39 is 11.8 Å². The molecule has 0 aromatic carbocycles. The highest BCUT2D eigenvalue weighted by molar-refractivity contribution is 6.35. The summed E-state index contributed by atoms with van der Waals surface area (Å²) in [5.74, 6) is -1.43. The van der Waals surface area contributed by atoms with Crippen LogP contribution in [0.5, 0.6) is 0 Å². The summed E-state index contributed by atoms with van der Waals surface area (Å²) in [6.07, 6.45) is 2.51. The molecule has 6 nitrogen and oxygen atoms in total. The highest BCUT2D eigenvalue weighted by Crippen LogP contribution is 2.16. The van der Waals surface area contributed by atoms with Gasteiger partial charge in [-0.25, -0.2) is 0 Å². The number of hydrogen-bond acceptors (Lipinski definition) is 4. The van der Waals surface area contributed by atoms with E-state index in [9.17, 15) is 9.59 Å². The van der Waals surface area contributed by atoms with Crippen molar-refractivity contribution in [3.8, 4) is 6.07 Å². The van der Waals surface area contributed by atoms with Gasteiger partial charge in [-0.3, -0.25) is 9.59 Å². The molecule has 0 aliphatic carbocycles. The number of carbonyl (C=O) groups excluding carboxylic acids is 2. The molecule has 0 aromatic heterocycles. The van der Waals surface area contributed by atoms with Gasteiger partial charge in [0.25, 0.3) is 0 Å². The Morgan fingerprint density at radius 1 is 1.50 bits per heavy atom. The number of nitriles is 1. The minimum Gasteiger partial charge on any atom is -0.394 e. The highest BCUT2D eigenvalue weighted by Gasteiger charge is 2.29. The summed E-state index contributed by atoms with van der Waals surface area (Å²) < 4.78 is 0. The molecule has 0 spiro atoms. The van der Waals surface area contributed by atoms with Gasteiger partial charge < -0.3 is 15.3 Å². The van der Waals surface area contributed by atoms with Crippen LogP contribution in [0.3, 0.4) is 0 Å². The Bertz CT molecular complexity index is 311. The number of aliphatic hydroxyl groups excluding tert-OH is 1. The van der Waals surface area contributed by atoms with Crippen molar-refractivity contribution in [3.05, 3.63) is 0 Å². The molecular formula is C10H15N3O3. The molecule has 88 valence electrons. The SMILES string of the molecule is N#CCNC(=O)C(=O)N1CCCCC1CO. The van der Waals surface area contributed by atoms with E-state index in [1.54, 1.807) is 6.07 Å². The Morgan fingerprint density at radius 2 is 2.25 bits per heavy atom. The molecule has 0 bridgehead atoms. The third kappa shape index (κ3) is 2.94. The lowest BCUT2D eigenvalue weighted by molar-refractivity contribution is -0.148.